The molecule has 1 fully saturated rings. The van der Waals surface area contributed by atoms with E-state index in [2.05, 4.69) is 46.1 Å². The Morgan fingerprint density at radius 2 is 2.32 bits per heavy atom. The van der Waals surface area contributed by atoms with Crippen LogP contribution in [0, 0.1) is 0 Å². The lowest BCUT2D eigenvalue weighted by molar-refractivity contribution is -0.00777. The summed E-state index contributed by atoms with van der Waals surface area (Å²) in [7, 11) is 2.14. The second-order valence-corrected chi connectivity index (χ2v) is 6.15. The minimum atomic E-state index is 0.253. The van der Waals surface area contributed by atoms with E-state index in [4.69, 9.17) is 10.5 Å². The summed E-state index contributed by atoms with van der Waals surface area (Å²) in [6, 6.07) is 8.65. The zero-order valence-corrected chi connectivity index (χ0v) is 13.1. The van der Waals surface area contributed by atoms with Crippen molar-refractivity contribution in [2.45, 2.75) is 31.4 Å². The van der Waals surface area contributed by atoms with Gasteiger partial charge in [-0.1, -0.05) is 28.1 Å². The highest BCUT2D eigenvalue weighted by Crippen LogP contribution is 2.23. The van der Waals surface area contributed by atoms with E-state index < -0.39 is 0 Å². The minimum absolute atomic E-state index is 0.253. The van der Waals surface area contributed by atoms with Crippen molar-refractivity contribution in [2.24, 2.45) is 5.73 Å². The van der Waals surface area contributed by atoms with Gasteiger partial charge in [0.1, 0.15) is 0 Å². The summed E-state index contributed by atoms with van der Waals surface area (Å²) in [6.07, 6.45) is 4.01. The van der Waals surface area contributed by atoms with Crippen LogP contribution in [-0.2, 0) is 4.74 Å². The summed E-state index contributed by atoms with van der Waals surface area (Å²) in [5, 5.41) is 0. The van der Waals surface area contributed by atoms with Crippen molar-refractivity contribution < 1.29 is 4.74 Å². The first kappa shape index (κ1) is 15.0. The molecule has 0 aromatic heterocycles. The Balaban J connectivity index is 1.99. The van der Waals surface area contributed by atoms with Gasteiger partial charge in [0.15, 0.2) is 0 Å². The highest BCUT2D eigenvalue weighted by Gasteiger charge is 2.21. The van der Waals surface area contributed by atoms with Gasteiger partial charge < -0.3 is 10.5 Å². The first-order valence-electron chi connectivity index (χ1n) is 6.98. The van der Waals surface area contributed by atoms with E-state index in [1.807, 2.05) is 6.07 Å². The largest absolute Gasteiger partial charge is 0.377 e. The maximum absolute atomic E-state index is 5.96. The van der Waals surface area contributed by atoms with E-state index in [0.717, 1.165) is 17.6 Å². The lowest BCUT2D eigenvalue weighted by Gasteiger charge is -2.32. The number of halogens is 1. The Morgan fingerprint density at radius 1 is 1.47 bits per heavy atom. The Morgan fingerprint density at radius 3 is 2.95 bits per heavy atom. The predicted molar refractivity (Wildman–Crippen MR) is 82.2 cm³/mol. The average Bonchev–Trinajstić information content (AvgIpc) is 2.41. The molecular formula is C15H23BrN2O. The number of nitrogens with zero attached hydrogens (tertiary/aromatic N) is 1. The number of ether oxygens (including phenoxy) is 1. The monoisotopic (exact) mass is 326 g/mol. The molecule has 2 unspecified atom stereocenters. The molecular weight excluding hydrogens is 304 g/mol. The van der Waals surface area contributed by atoms with Crippen LogP contribution in [-0.4, -0.2) is 37.7 Å². The van der Waals surface area contributed by atoms with Gasteiger partial charge in [-0.2, -0.15) is 0 Å². The van der Waals surface area contributed by atoms with Crippen LogP contribution in [0.25, 0.3) is 0 Å². The van der Waals surface area contributed by atoms with Gasteiger partial charge in [0.2, 0.25) is 0 Å². The van der Waals surface area contributed by atoms with Crippen LogP contribution in [0.2, 0.25) is 0 Å². The third-order valence-corrected chi connectivity index (χ3v) is 4.25. The fraction of sp³-hybridized carbons (Fsp3) is 0.600. The van der Waals surface area contributed by atoms with Crippen LogP contribution < -0.4 is 5.73 Å². The molecule has 0 radical (unpaired) electrons. The van der Waals surface area contributed by atoms with Crippen LogP contribution in [0.3, 0.4) is 0 Å². The number of nitrogens with two attached hydrogens (primary N) is 1. The summed E-state index contributed by atoms with van der Waals surface area (Å²) in [5.74, 6) is 0. The second-order valence-electron chi connectivity index (χ2n) is 5.23. The molecule has 4 heteroatoms. The van der Waals surface area contributed by atoms with Gasteiger partial charge in [0.25, 0.3) is 0 Å². The molecule has 2 atom stereocenters. The van der Waals surface area contributed by atoms with E-state index in [0.29, 0.717) is 12.6 Å². The van der Waals surface area contributed by atoms with Crippen LogP contribution in [0.1, 0.15) is 30.9 Å². The quantitative estimate of drug-likeness (QED) is 0.904. The van der Waals surface area contributed by atoms with Gasteiger partial charge in [-0.05, 0) is 44.0 Å². The lowest BCUT2D eigenvalue weighted by Crippen LogP contribution is -2.38. The average molecular weight is 327 g/mol. The van der Waals surface area contributed by atoms with Crippen molar-refractivity contribution in [3.05, 3.63) is 34.3 Å². The molecule has 1 aromatic rings. The van der Waals surface area contributed by atoms with E-state index in [1.165, 1.54) is 24.8 Å². The number of hydrogen-bond acceptors (Lipinski definition) is 3. The first-order chi connectivity index (χ1) is 9.20. The molecule has 3 nitrogen and oxygen atoms in total. The van der Waals surface area contributed by atoms with Crippen molar-refractivity contribution in [1.29, 1.82) is 0 Å². The van der Waals surface area contributed by atoms with E-state index in [1.54, 1.807) is 0 Å². The summed E-state index contributed by atoms with van der Waals surface area (Å²) in [6.45, 7) is 2.48. The Bertz CT molecular complexity index is 393. The van der Waals surface area contributed by atoms with Crippen LogP contribution in [0.15, 0.2) is 28.7 Å². The molecule has 1 aliphatic heterocycles. The fourth-order valence-corrected chi connectivity index (χ4v) is 3.10. The van der Waals surface area contributed by atoms with Crippen LogP contribution >= 0.6 is 15.9 Å². The Hall–Kier alpha value is -0.420. The zero-order chi connectivity index (χ0) is 13.7. The normalized spacial score (nSPS) is 21.6. The summed E-state index contributed by atoms with van der Waals surface area (Å²) in [4.78, 5) is 2.32. The molecule has 1 aliphatic rings. The van der Waals surface area contributed by atoms with Crippen molar-refractivity contribution >= 4 is 15.9 Å². The molecule has 0 spiro atoms. The molecule has 106 valence electrons. The lowest BCUT2D eigenvalue weighted by atomic mass is 10.0. The first-order valence-corrected chi connectivity index (χ1v) is 7.77. The van der Waals surface area contributed by atoms with Gasteiger partial charge in [-0.15, -0.1) is 0 Å². The maximum atomic E-state index is 5.96. The molecule has 19 heavy (non-hydrogen) atoms. The predicted octanol–water partition coefficient (Wildman–Crippen LogP) is 2.95. The van der Waals surface area contributed by atoms with Gasteiger partial charge >= 0.3 is 0 Å². The smallest absolute Gasteiger partial charge is 0.0702 e. The molecule has 1 saturated heterocycles. The van der Waals surface area contributed by atoms with Crippen LogP contribution in [0.4, 0.5) is 0 Å². The van der Waals surface area contributed by atoms with Gasteiger partial charge in [-0.3, -0.25) is 4.90 Å². The molecule has 1 aromatic carbocycles. The Labute approximate surface area is 124 Å². The molecule has 0 aliphatic carbocycles. The van der Waals surface area contributed by atoms with Gasteiger partial charge in [0.05, 0.1) is 6.10 Å². The molecule has 0 saturated carbocycles. The standard InChI is InChI=1S/C15H23BrN2O/c1-18(11-14-7-2-3-8-19-14)15(10-17)12-5-4-6-13(16)9-12/h4-6,9,14-15H,2-3,7-8,10-11,17H2,1H3. The summed E-state index contributed by atoms with van der Waals surface area (Å²) in [5.41, 5.74) is 7.22. The van der Waals surface area contributed by atoms with Crippen molar-refractivity contribution in [1.82, 2.24) is 4.90 Å². The van der Waals surface area contributed by atoms with Crippen LogP contribution in [0.5, 0.6) is 0 Å². The third kappa shape index (κ3) is 4.28. The zero-order valence-electron chi connectivity index (χ0n) is 11.5. The highest BCUT2D eigenvalue weighted by atomic mass is 79.9. The maximum Gasteiger partial charge on any atom is 0.0702 e. The van der Waals surface area contributed by atoms with Gasteiger partial charge in [-0.25, -0.2) is 0 Å². The second kappa shape index (κ2) is 7.39. The molecule has 1 heterocycles. The SMILES string of the molecule is CN(CC1CCCCO1)C(CN)c1cccc(Br)c1. The number of rotatable bonds is 5. The van der Waals surface area contributed by atoms with E-state index in [-0.39, 0.29) is 6.04 Å². The van der Waals surface area contributed by atoms with Crippen molar-refractivity contribution in [2.75, 3.05) is 26.7 Å². The number of benzene rings is 1. The number of likely N-dealkylation sites (N-methyl/N-ethyl adjacent to an activating group) is 1. The van der Waals surface area contributed by atoms with E-state index in [9.17, 15) is 0 Å². The third-order valence-electron chi connectivity index (χ3n) is 3.75. The molecule has 0 amide bonds. The summed E-state index contributed by atoms with van der Waals surface area (Å²) >= 11 is 3.52. The summed E-state index contributed by atoms with van der Waals surface area (Å²) < 4.78 is 6.91. The van der Waals surface area contributed by atoms with E-state index >= 15 is 0 Å². The topological polar surface area (TPSA) is 38.5 Å². The fourth-order valence-electron chi connectivity index (χ4n) is 2.68. The van der Waals surface area contributed by atoms with Crippen molar-refractivity contribution in [3.63, 3.8) is 0 Å². The molecule has 2 rings (SSSR count). The molecule has 2 N–H and O–H groups in total. The van der Waals surface area contributed by atoms with Crippen molar-refractivity contribution in [3.8, 4) is 0 Å². The van der Waals surface area contributed by atoms with Gasteiger partial charge in [0, 0.05) is 30.2 Å². The number of hydrogen-bond donors (Lipinski definition) is 1. The minimum Gasteiger partial charge on any atom is -0.377 e. The highest BCUT2D eigenvalue weighted by molar-refractivity contribution is 9.10. The Kier molecular flexibility index (Phi) is 5.82. The molecule has 0 bridgehead atoms.